The van der Waals surface area contributed by atoms with Gasteiger partial charge in [-0.3, -0.25) is 14.4 Å². The van der Waals surface area contributed by atoms with Gasteiger partial charge in [0.25, 0.3) is 0 Å². The van der Waals surface area contributed by atoms with Crippen LogP contribution in [0.4, 0.5) is 14.5 Å². The minimum Gasteiger partial charge on any atom is -0.390 e. The number of hydrogen-bond acceptors (Lipinski definition) is 5. The van der Waals surface area contributed by atoms with Crippen molar-refractivity contribution in [1.82, 2.24) is 19.6 Å². The number of carbonyl (C=O) groups excluding carboxylic acids is 1. The minimum atomic E-state index is -0.651. The number of hydrogen-bond donors (Lipinski definition) is 1. The summed E-state index contributed by atoms with van der Waals surface area (Å²) in [6.07, 6.45) is 0.0199. The van der Waals surface area contributed by atoms with E-state index in [1.165, 1.54) is 12.1 Å². The predicted molar refractivity (Wildman–Crippen MR) is 138 cm³/mol. The standard InChI is InChI=1S/C27H30ClF2N5O2/c1-18(36)34-9-8-25-23(17-34)27(19-2-4-20(28)5-3-19)31-35(25)16-22(37)15-32-10-12-33(13-11-32)26-7-6-21(29)14-24(26)30/h2-7,14,22,37H,8-13,15-17H2,1H3. The first-order valence-corrected chi connectivity index (χ1v) is 12.9. The number of benzene rings is 2. The van der Waals surface area contributed by atoms with Gasteiger partial charge in [-0.1, -0.05) is 23.7 Å². The number of piperazine rings is 1. The molecular weight excluding hydrogens is 500 g/mol. The maximum atomic E-state index is 14.2. The molecule has 0 radical (unpaired) electrons. The number of halogens is 3. The third kappa shape index (κ3) is 5.63. The van der Waals surface area contributed by atoms with Gasteiger partial charge in [0.15, 0.2) is 0 Å². The molecule has 1 aromatic heterocycles. The van der Waals surface area contributed by atoms with Crippen LogP contribution in [-0.2, 0) is 24.3 Å². The van der Waals surface area contributed by atoms with Crippen molar-refractivity contribution >= 4 is 23.2 Å². The Morgan fingerprint density at radius 3 is 2.46 bits per heavy atom. The quantitative estimate of drug-likeness (QED) is 0.529. The normalized spacial score (nSPS) is 17.1. The number of fused-ring (bicyclic) bond motifs is 1. The highest BCUT2D eigenvalue weighted by Gasteiger charge is 2.28. The van der Waals surface area contributed by atoms with Gasteiger partial charge in [0.05, 0.1) is 24.0 Å². The molecule has 7 nitrogen and oxygen atoms in total. The van der Waals surface area contributed by atoms with Gasteiger partial charge < -0.3 is 14.9 Å². The smallest absolute Gasteiger partial charge is 0.219 e. The molecule has 3 heterocycles. The number of nitrogens with zero attached hydrogens (tertiary/aromatic N) is 5. The molecule has 10 heteroatoms. The average Bonchev–Trinajstić information content (AvgIpc) is 3.22. The van der Waals surface area contributed by atoms with Crippen LogP contribution in [0.25, 0.3) is 11.3 Å². The van der Waals surface area contributed by atoms with Crippen LogP contribution in [0, 0.1) is 11.6 Å². The number of aliphatic hydroxyl groups is 1. The van der Waals surface area contributed by atoms with Crippen molar-refractivity contribution in [3.05, 3.63) is 70.4 Å². The molecule has 1 N–H and O–H groups in total. The molecule has 0 aliphatic carbocycles. The Morgan fingerprint density at radius 2 is 1.78 bits per heavy atom. The number of rotatable bonds is 6. The van der Waals surface area contributed by atoms with Crippen LogP contribution in [0.5, 0.6) is 0 Å². The van der Waals surface area contributed by atoms with Gasteiger partial charge in [-0.2, -0.15) is 5.10 Å². The number of aliphatic hydroxyl groups excluding tert-OH is 1. The number of amides is 1. The molecule has 0 bridgehead atoms. The van der Waals surface area contributed by atoms with E-state index in [9.17, 15) is 18.7 Å². The van der Waals surface area contributed by atoms with Crippen LogP contribution in [0.15, 0.2) is 42.5 Å². The van der Waals surface area contributed by atoms with E-state index in [4.69, 9.17) is 16.7 Å². The fraction of sp³-hybridized carbons (Fsp3) is 0.407. The first kappa shape index (κ1) is 25.6. The highest BCUT2D eigenvalue weighted by Crippen LogP contribution is 2.31. The molecule has 0 saturated carbocycles. The Bertz CT molecular complexity index is 1270. The second-order valence-electron chi connectivity index (χ2n) is 9.69. The average molecular weight is 530 g/mol. The molecule has 2 aliphatic rings. The van der Waals surface area contributed by atoms with Crippen molar-refractivity contribution in [3.8, 4) is 11.3 Å². The Hall–Kier alpha value is -3.01. The molecule has 1 saturated heterocycles. The molecule has 196 valence electrons. The van der Waals surface area contributed by atoms with Gasteiger partial charge in [-0.25, -0.2) is 8.78 Å². The Morgan fingerprint density at radius 1 is 1.05 bits per heavy atom. The van der Waals surface area contributed by atoms with Gasteiger partial charge in [-0.15, -0.1) is 0 Å². The first-order valence-electron chi connectivity index (χ1n) is 12.5. The van der Waals surface area contributed by atoms with Crippen LogP contribution >= 0.6 is 11.6 Å². The summed E-state index contributed by atoms with van der Waals surface area (Å²) in [5.74, 6) is -1.12. The van der Waals surface area contributed by atoms with E-state index >= 15 is 0 Å². The largest absolute Gasteiger partial charge is 0.390 e. The van der Waals surface area contributed by atoms with Crippen LogP contribution in [-0.4, -0.2) is 76.0 Å². The number of carbonyl (C=O) groups is 1. The Kier molecular flexibility index (Phi) is 7.46. The predicted octanol–water partition coefficient (Wildman–Crippen LogP) is 3.57. The molecule has 2 aliphatic heterocycles. The molecule has 3 aromatic rings. The lowest BCUT2D eigenvalue weighted by atomic mass is 10.0. The molecule has 5 rings (SSSR count). The van der Waals surface area contributed by atoms with E-state index < -0.39 is 17.7 Å². The fourth-order valence-electron chi connectivity index (χ4n) is 5.21. The molecule has 2 aromatic carbocycles. The van der Waals surface area contributed by atoms with Crippen molar-refractivity contribution in [2.75, 3.05) is 44.2 Å². The molecule has 1 amide bonds. The minimum absolute atomic E-state index is 0.0279. The van der Waals surface area contributed by atoms with Crippen LogP contribution in [0.2, 0.25) is 5.02 Å². The maximum Gasteiger partial charge on any atom is 0.219 e. The van der Waals surface area contributed by atoms with Crippen LogP contribution < -0.4 is 4.90 Å². The summed E-state index contributed by atoms with van der Waals surface area (Å²) in [7, 11) is 0. The highest BCUT2D eigenvalue weighted by atomic mass is 35.5. The molecule has 1 unspecified atom stereocenters. The van der Waals surface area contributed by atoms with E-state index in [2.05, 4.69) is 4.90 Å². The van der Waals surface area contributed by atoms with E-state index in [0.717, 1.165) is 28.6 Å². The maximum absolute atomic E-state index is 14.2. The molecule has 1 fully saturated rings. The summed E-state index contributed by atoms with van der Waals surface area (Å²) >= 11 is 6.08. The van der Waals surface area contributed by atoms with Crippen molar-refractivity contribution in [2.45, 2.75) is 32.5 Å². The second kappa shape index (κ2) is 10.8. The van der Waals surface area contributed by atoms with Gasteiger partial charge in [0.2, 0.25) is 5.91 Å². The summed E-state index contributed by atoms with van der Waals surface area (Å²) in [5, 5.41) is 16.5. The Labute approximate surface area is 219 Å². The van der Waals surface area contributed by atoms with Gasteiger partial charge in [0.1, 0.15) is 11.6 Å². The van der Waals surface area contributed by atoms with Gasteiger partial charge >= 0.3 is 0 Å². The van der Waals surface area contributed by atoms with E-state index in [0.29, 0.717) is 69.5 Å². The van der Waals surface area contributed by atoms with Crippen molar-refractivity contribution in [3.63, 3.8) is 0 Å². The molecule has 1 atom stereocenters. The third-order valence-corrected chi connectivity index (χ3v) is 7.42. The SMILES string of the molecule is CC(=O)N1CCc2c(c(-c3ccc(Cl)cc3)nn2CC(O)CN2CCN(c3ccc(F)cc3F)CC2)C1. The molecular formula is C27H30ClF2N5O2. The zero-order valence-corrected chi connectivity index (χ0v) is 21.5. The van der Waals surface area contributed by atoms with Crippen molar-refractivity contribution in [1.29, 1.82) is 0 Å². The summed E-state index contributed by atoms with van der Waals surface area (Å²) in [6, 6.07) is 11.1. The van der Waals surface area contributed by atoms with E-state index in [1.54, 1.807) is 6.92 Å². The first-order chi connectivity index (χ1) is 17.8. The topological polar surface area (TPSA) is 64.8 Å². The Balaban J connectivity index is 1.27. The van der Waals surface area contributed by atoms with E-state index in [1.807, 2.05) is 38.7 Å². The monoisotopic (exact) mass is 529 g/mol. The summed E-state index contributed by atoms with van der Waals surface area (Å²) in [5.41, 5.74) is 4.17. The van der Waals surface area contributed by atoms with Crippen molar-refractivity contribution < 1.29 is 18.7 Å². The zero-order valence-electron chi connectivity index (χ0n) is 20.7. The lowest BCUT2D eigenvalue weighted by Gasteiger charge is -2.37. The number of anilines is 1. The third-order valence-electron chi connectivity index (χ3n) is 7.17. The van der Waals surface area contributed by atoms with Gasteiger partial charge in [0, 0.05) is 87.1 Å². The van der Waals surface area contributed by atoms with Crippen molar-refractivity contribution in [2.24, 2.45) is 0 Å². The molecule has 37 heavy (non-hydrogen) atoms. The highest BCUT2D eigenvalue weighted by molar-refractivity contribution is 6.30. The number of aromatic nitrogens is 2. The van der Waals surface area contributed by atoms with Crippen LogP contribution in [0.3, 0.4) is 0 Å². The second-order valence-corrected chi connectivity index (χ2v) is 10.1. The lowest BCUT2D eigenvalue weighted by Crippen LogP contribution is -2.49. The zero-order chi connectivity index (χ0) is 26.1. The number of β-amino-alcohol motifs (C(OH)–C–C–N with tert-alkyl or cyclic N) is 1. The summed E-state index contributed by atoms with van der Waals surface area (Å²) in [4.78, 5) is 17.9. The van der Waals surface area contributed by atoms with Gasteiger partial charge in [-0.05, 0) is 24.3 Å². The molecule has 0 spiro atoms. The lowest BCUT2D eigenvalue weighted by molar-refractivity contribution is -0.129. The fourth-order valence-corrected chi connectivity index (χ4v) is 5.34. The summed E-state index contributed by atoms with van der Waals surface area (Å²) < 4.78 is 29.3. The van der Waals surface area contributed by atoms with Crippen LogP contribution in [0.1, 0.15) is 18.2 Å². The van der Waals surface area contributed by atoms with E-state index in [-0.39, 0.29) is 5.91 Å². The summed E-state index contributed by atoms with van der Waals surface area (Å²) in [6.45, 7) is 5.98.